The Morgan fingerprint density at radius 1 is 1.12 bits per heavy atom. The minimum atomic E-state index is 0.285. The van der Waals surface area contributed by atoms with E-state index in [0.29, 0.717) is 5.88 Å². The van der Waals surface area contributed by atoms with Crippen molar-refractivity contribution in [2.75, 3.05) is 0 Å². The highest BCUT2D eigenvalue weighted by atomic mass is 127. The van der Waals surface area contributed by atoms with Crippen LogP contribution in [0.15, 0.2) is 24.3 Å². The van der Waals surface area contributed by atoms with Gasteiger partial charge in [-0.05, 0) is 48.6 Å². The van der Waals surface area contributed by atoms with Crippen molar-refractivity contribution in [3.8, 4) is 11.6 Å². The summed E-state index contributed by atoms with van der Waals surface area (Å²) in [7, 11) is 0. The van der Waals surface area contributed by atoms with Crippen molar-refractivity contribution in [3.05, 3.63) is 44.4 Å². The third-order valence-corrected chi connectivity index (χ3v) is 3.42. The molecule has 88 valence electrons. The lowest BCUT2D eigenvalue weighted by Gasteiger charge is -2.09. The predicted octanol–water partition coefficient (Wildman–Crippen LogP) is 4.14. The Hall–Kier alpha value is -0.880. The fraction of sp³-hybridized carbons (Fsp3) is 0.167. The second kappa shape index (κ2) is 5.18. The first kappa shape index (κ1) is 12.6. The maximum Gasteiger partial charge on any atom is 0.257 e. The van der Waals surface area contributed by atoms with Gasteiger partial charge in [-0.2, -0.15) is 0 Å². The summed E-state index contributed by atoms with van der Waals surface area (Å²) in [6, 6.07) is 7.68. The molecule has 0 N–H and O–H groups in total. The Morgan fingerprint density at radius 3 is 2.47 bits per heavy atom. The summed E-state index contributed by atoms with van der Waals surface area (Å²) in [5.74, 6) is 1.08. The molecule has 0 saturated heterocycles. The van der Waals surface area contributed by atoms with Gasteiger partial charge in [-0.15, -0.1) is 0 Å². The molecular weight excluding hydrogens is 351 g/mol. The van der Waals surface area contributed by atoms with Gasteiger partial charge in [0.2, 0.25) is 0 Å². The molecule has 1 heterocycles. The first-order valence-corrected chi connectivity index (χ1v) is 6.46. The molecule has 0 atom stereocenters. The van der Waals surface area contributed by atoms with Crippen LogP contribution >= 0.6 is 34.2 Å². The van der Waals surface area contributed by atoms with Crippen molar-refractivity contribution in [3.63, 3.8) is 0 Å². The highest BCUT2D eigenvalue weighted by Gasteiger charge is 2.10. The molecule has 0 unspecified atom stereocenters. The largest absolute Gasteiger partial charge is 0.435 e. The summed E-state index contributed by atoms with van der Waals surface area (Å²) in [4.78, 5) is 8.46. The van der Waals surface area contributed by atoms with Gasteiger partial charge in [0.05, 0.1) is 15.0 Å². The van der Waals surface area contributed by atoms with Crippen LogP contribution in [0.4, 0.5) is 0 Å². The number of aryl methyl sites for hydroxylation is 2. The molecule has 0 aliphatic rings. The predicted molar refractivity (Wildman–Crippen MR) is 75.7 cm³/mol. The van der Waals surface area contributed by atoms with Crippen LogP contribution in [0.5, 0.6) is 11.6 Å². The second-order valence-electron chi connectivity index (χ2n) is 3.52. The molecule has 1 aromatic carbocycles. The Morgan fingerprint density at radius 2 is 1.76 bits per heavy atom. The molecule has 5 heteroatoms. The molecule has 0 spiro atoms. The number of hydrogen-bond donors (Lipinski definition) is 0. The van der Waals surface area contributed by atoms with Crippen LogP contribution in [-0.2, 0) is 0 Å². The summed E-state index contributed by atoms with van der Waals surface area (Å²) in [6.45, 7) is 3.74. The van der Waals surface area contributed by atoms with E-state index in [1.165, 1.54) is 0 Å². The summed E-state index contributed by atoms with van der Waals surface area (Å²) >= 11 is 8.20. The van der Waals surface area contributed by atoms with Crippen molar-refractivity contribution in [2.24, 2.45) is 0 Å². The van der Waals surface area contributed by atoms with Crippen LogP contribution < -0.4 is 4.74 Å². The Balaban J connectivity index is 2.37. The molecule has 17 heavy (non-hydrogen) atoms. The normalized spacial score (nSPS) is 10.4. The summed E-state index contributed by atoms with van der Waals surface area (Å²) in [5, 5.41) is 0.285. The zero-order valence-corrected chi connectivity index (χ0v) is 12.3. The first-order valence-electron chi connectivity index (χ1n) is 5.01. The molecule has 2 rings (SSSR count). The van der Waals surface area contributed by atoms with Crippen molar-refractivity contribution in [1.29, 1.82) is 0 Å². The molecule has 1 aromatic heterocycles. The van der Waals surface area contributed by atoms with E-state index in [-0.39, 0.29) is 5.15 Å². The first-order chi connectivity index (χ1) is 8.08. The molecule has 0 aliphatic carbocycles. The van der Waals surface area contributed by atoms with E-state index in [2.05, 4.69) is 32.6 Å². The molecular formula is C12H10ClIN2O. The summed E-state index contributed by atoms with van der Waals surface area (Å²) in [6.07, 6.45) is 0. The average Bonchev–Trinajstić information content (AvgIpc) is 2.29. The van der Waals surface area contributed by atoms with E-state index in [0.717, 1.165) is 20.7 Å². The smallest absolute Gasteiger partial charge is 0.257 e. The van der Waals surface area contributed by atoms with Gasteiger partial charge in [-0.1, -0.05) is 23.7 Å². The Bertz CT molecular complexity index is 560. The van der Waals surface area contributed by atoms with Crippen LogP contribution in [0.3, 0.4) is 0 Å². The number of ether oxygens (including phenoxy) is 1. The Labute approximate surface area is 118 Å². The van der Waals surface area contributed by atoms with E-state index in [1.54, 1.807) is 0 Å². The topological polar surface area (TPSA) is 35.0 Å². The number of para-hydroxylation sites is 1. The van der Waals surface area contributed by atoms with Crippen molar-refractivity contribution in [1.82, 2.24) is 9.97 Å². The number of nitrogens with zero attached hydrogens (tertiary/aromatic N) is 2. The standard InChI is InChI=1S/C12H10ClIN2O/c1-7-8(2)16-12(11(13)15-7)17-10-6-4-3-5-9(10)14/h3-6H,1-2H3. The molecule has 2 aromatic rings. The Kier molecular flexibility index (Phi) is 3.83. The van der Waals surface area contributed by atoms with E-state index in [4.69, 9.17) is 16.3 Å². The second-order valence-corrected chi connectivity index (χ2v) is 5.04. The van der Waals surface area contributed by atoms with Gasteiger partial charge in [0, 0.05) is 0 Å². The fourth-order valence-corrected chi connectivity index (χ4v) is 1.96. The lowest BCUT2D eigenvalue weighted by Crippen LogP contribution is -1.98. The lowest BCUT2D eigenvalue weighted by atomic mass is 10.3. The van der Waals surface area contributed by atoms with Crippen LogP contribution in [0.25, 0.3) is 0 Å². The molecule has 3 nitrogen and oxygen atoms in total. The monoisotopic (exact) mass is 360 g/mol. The van der Waals surface area contributed by atoms with E-state index in [9.17, 15) is 0 Å². The van der Waals surface area contributed by atoms with Gasteiger partial charge in [-0.3, -0.25) is 0 Å². The van der Waals surface area contributed by atoms with Crippen molar-refractivity contribution >= 4 is 34.2 Å². The zero-order valence-electron chi connectivity index (χ0n) is 9.37. The molecule has 0 fully saturated rings. The van der Waals surface area contributed by atoms with Crippen LogP contribution in [0.1, 0.15) is 11.4 Å². The lowest BCUT2D eigenvalue weighted by molar-refractivity contribution is 0.455. The fourth-order valence-electron chi connectivity index (χ4n) is 1.25. The number of aromatic nitrogens is 2. The van der Waals surface area contributed by atoms with Gasteiger partial charge >= 0.3 is 0 Å². The average molecular weight is 361 g/mol. The maximum atomic E-state index is 6.00. The SMILES string of the molecule is Cc1nc(Cl)c(Oc2ccccc2I)nc1C. The molecule has 0 aliphatic heterocycles. The highest BCUT2D eigenvalue weighted by molar-refractivity contribution is 14.1. The molecule has 0 amide bonds. The minimum Gasteiger partial charge on any atom is -0.435 e. The third kappa shape index (κ3) is 2.87. The molecule has 0 saturated carbocycles. The van der Waals surface area contributed by atoms with Crippen LogP contribution in [0, 0.1) is 17.4 Å². The van der Waals surface area contributed by atoms with E-state index < -0.39 is 0 Å². The highest BCUT2D eigenvalue weighted by Crippen LogP contribution is 2.29. The van der Waals surface area contributed by atoms with Gasteiger partial charge in [0.15, 0.2) is 5.15 Å². The van der Waals surface area contributed by atoms with Crippen molar-refractivity contribution in [2.45, 2.75) is 13.8 Å². The molecule has 0 bridgehead atoms. The van der Waals surface area contributed by atoms with Gasteiger partial charge in [0.25, 0.3) is 5.88 Å². The van der Waals surface area contributed by atoms with Gasteiger partial charge < -0.3 is 4.74 Å². The number of rotatable bonds is 2. The van der Waals surface area contributed by atoms with E-state index in [1.807, 2.05) is 38.1 Å². The van der Waals surface area contributed by atoms with Gasteiger partial charge in [0.1, 0.15) is 5.75 Å². The zero-order chi connectivity index (χ0) is 12.4. The summed E-state index contributed by atoms with van der Waals surface area (Å²) in [5.41, 5.74) is 1.63. The van der Waals surface area contributed by atoms with Crippen LogP contribution in [0.2, 0.25) is 5.15 Å². The summed E-state index contributed by atoms with van der Waals surface area (Å²) < 4.78 is 6.66. The van der Waals surface area contributed by atoms with E-state index >= 15 is 0 Å². The molecule has 0 radical (unpaired) electrons. The number of halogens is 2. The van der Waals surface area contributed by atoms with Gasteiger partial charge in [-0.25, -0.2) is 9.97 Å². The van der Waals surface area contributed by atoms with Crippen LogP contribution in [-0.4, -0.2) is 9.97 Å². The van der Waals surface area contributed by atoms with Crippen molar-refractivity contribution < 1.29 is 4.74 Å². The number of hydrogen-bond acceptors (Lipinski definition) is 3. The number of benzene rings is 1. The quantitative estimate of drug-likeness (QED) is 0.755. The minimum absolute atomic E-state index is 0.285. The third-order valence-electron chi connectivity index (χ3n) is 2.28. The maximum absolute atomic E-state index is 6.00.